The molecule has 1 N–H and O–H groups in total. The molecule has 0 atom stereocenters. The predicted molar refractivity (Wildman–Crippen MR) is 55.0 cm³/mol. The van der Waals surface area contributed by atoms with Crippen LogP contribution in [0.25, 0.3) is 0 Å². The minimum absolute atomic E-state index is 0.0500. The smallest absolute Gasteiger partial charge is 0.317 e. The van der Waals surface area contributed by atoms with E-state index in [9.17, 15) is 4.79 Å². The van der Waals surface area contributed by atoms with Gasteiger partial charge in [0.15, 0.2) is 0 Å². The van der Waals surface area contributed by atoms with Crippen LogP contribution in [0.1, 0.15) is 9.75 Å². The van der Waals surface area contributed by atoms with Crippen LogP contribution in [0.4, 0.5) is 4.79 Å². The summed E-state index contributed by atoms with van der Waals surface area (Å²) < 4.78 is 0. The number of hydrogen-bond acceptors (Lipinski definition) is 2. The van der Waals surface area contributed by atoms with E-state index in [1.165, 1.54) is 14.7 Å². The summed E-state index contributed by atoms with van der Waals surface area (Å²) >= 11 is 1.71. The van der Waals surface area contributed by atoms with Crippen molar-refractivity contribution in [2.45, 2.75) is 13.5 Å². The molecule has 0 saturated carbocycles. The first-order valence-corrected chi connectivity index (χ1v) is 4.91. The molecule has 4 heteroatoms. The molecule has 1 rings (SSSR count). The van der Waals surface area contributed by atoms with Crippen molar-refractivity contribution in [3.8, 4) is 0 Å². The van der Waals surface area contributed by atoms with Gasteiger partial charge in [-0.05, 0) is 19.1 Å². The second-order valence-electron chi connectivity index (χ2n) is 3.07. The fraction of sp³-hybridized carbons (Fsp3) is 0.444. The second kappa shape index (κ2) is 4.28. The van der Waals surface area contributed by atoms with Crippen LogP contribution in [0.5, 0.6) is 0 Å². The molecule has 0 radical (unpaired) electrons. The van der Waals surface area contributed by atoms with Gasteiger partial charge in [0, 0.05) is 23.8 Å². The molecule has 2 amide bonds. The molecule has 0 aliphatic heterocycles. The summed E-state index contributed by atoms with van der Waals surface area (Å²) in [5, 5.41) is 2.81. The number of rotatable bonds is 2. The summed E-state index contributed by atoms with van der Waals surface area (Å²) in [5.41, 5.74) is 0. The van der Waals surface area contributed by atoms with E-state index >= 15 is 0 Å². The van der Waals surface area contributed by atoms with Gasteiger partial charge in [-0.3, -0.25) is 0 Å². The number of amides is 2. The van der Waals surface area contributed by atoms with E-state index in [1.54, 1.807) is 25.4 Å². The Morgan fingerprint density at radius 1 is 1.54 bits per heavy atom. The first kappa shape index (κ1) is 10.1. The van der Waals surface area contributed by atoms with E-state index in [4.69, 9.17) is 0 Å². The molecule has 3 nitrogen and oxygen atoms in total. The Morgan fingerprint density at radius 3 is 2.69 bits per heavy atom. The van der Waals surface area contributed by atoms with Crippen LogP contribution in [-0.4, -0.2) is 25.0 Å². The van der Waals surface area contributed by atoms with Crippen LogP contribution >= 0.6 is 11.3 Å². The topological polar surface area (TPSA) is 32.3 Å². The Morgan fingerprint density at radius 2 is 2.23 bits per heavy atom. The Kier molecular flexibility index (Phi) is 3.31. The Bertz CT molecular complexity index is 294. The van der Waals surface area contributed by atoms with Crippen molar-refractivity contribution in [3.63, 3.8) is 0 Å². The van der Waals surface area contributed by atoms with Gasteiger partial charge in [-0.15, -0.1) is 11.3 Å². The van der Waals surface area contributed by atoms with Crippen LogP contribution in [0.3, 0.4) is 0 Å². The SMILES string of the molecule is Cc1ccc(CNC(=O)N(C)C)s1. The lowest BCUT2D eigenvalue weighted by Crippen LogP contribution is -2.33. The van der Waals surface area contributed by atoms with Gasteiger partial charge >= 0.3 is 6.03 Å². The third-order valence-electron chi connectivity index (χ3n) is 1.62. The highest BCUT2D eigenvalue weighted by Gasteiger charge is 2.02. The molecule has 0 saturated heterocycles. The summed E-state index contributed by atoms with van der Waals surface area (Å²) in [4.78, 5) is 15.1. The molecule has 0 fully saturated rings. The van der Waals surface area contributed by atoms with Crippen molar-refractivity contribution in [3.05, 3.63) is 21.9 Å². The van der Waals surface area contributed by atoms with Gasteiger partial charge in [0.2, 0.25) is 0 Å². The van der Waals surface area contributed by atoms with Gasteiger partial charge in [-0.25, -0.2) is 4.79 Å². The largest absolute Gasteiger partial charge is 0.333 e. The standard InChI is InChI=1S/C9H14N2OS/c1-7-4-5-8(13-7)6-10-9(12)11(2)3/h4-5H,6H2,1-3H3,(H,10,12). The number of urea groups is 1. The van der Waals surface area contributed by atoms with Gasteiger partial charge in [0.05, 0.1) is 6.54 Å². The van der Waals surface area contributed by atoms with Crippen LogP contribution in [-0.2, 0) is 6.54 Å². The van der Waals surface area contributed by atoms with Crippen LogP contribution in [0.15, 0.2) is 12.1 Å². The second-order valence-corrected chi connectivity index (χ2v) is 4.44. The zero-order chi connectivity index (χ0) is 9.84. The number of carbonyl (C=O) groups is 1. The molecule has 0 aliphatic carbocycles. The van der Waals surface area contributed by atoms with Gasteiger partial charge in [-0.2, -0.15) is 0 Å². The first-order valence-electron chi connectivity index (χ1n) is 4.10. The van der Waals surface area contributed by atoms with E-state index in [-0.39, 0.29) is 6.03 Å². The Hall–Kier alpha value is -1.03. The van der Waals surface area contributed by atoms with Crippen LogP contribution < -0.4 is 5.32 Å². The lowest BCUT2D eigenvalue weighted by Gasteiger charge is -2.10. The number of aryl methyl sites for hydroxylation is 1. The summed E-state index contributed by atoms with van der Waals surface area (Å²) in [5.74, 6) is 0. The minimum Gasteiger partial charge on any atom is -0.333 e. The van der Waals surface area contributed by atoms with Crippen LogP contribution in [0, 0.1) is 6.92 Å². The van der Waals surface area contributed by atoms with Crippen molar-refractivity contribution < 1.29 is 4.79 Å². The van der Waals surface area contributed by atoms with E-state index in [0.717, 1.165) is 0 Å². The van der Waals surface area contributed by atoms with Crippen molar-refractivity contribution in [2.24, 2.45) is 0 Å². The highest BCUT2D eigenvalue weighted by atomic mass is 32.1. The molecule has 0 aromatic carbocycles. The van der Waals surface area contributed by atoms with E-state index in [0.29, 0.717) is 6.54 Å². The van der Waals surface area contributed by atoms with E-state index < -0.39 is 0 Å². The number of nitrogens with one attached hydrogen (secondary N) is 1. The highest BCUT2D eigenvalue weighted by molar-refractivity contribution is 7.11. The quantitative estimate of drug-likeness (QED) is 0.772. The molecule has 0 unspecified atom stereocenters. The molecular formula is C9H14N2OS. The number of hydrogen-bond donors (Lipinski definition) is 1. The Labute approximate surface area is 82.4 Å². The maximum absolute atomic E-state index is 11.1. The molecule has 1 aromatic heterocycles. The first-order chi connectivity index (χ1) is 6.09. The number of nitrogens with zero attached hydrogens (tertiary/aromatic N) is 1. The minimum atomic E-state index is -0.0500. The van der Waals surface area contributed by atoms with Crippen molar-refractivity contribution in [1.29, 1.82) is 0 Å². The van der Waals surface area contributed by atoms with E-state index in [2.05, 4.69) is 18.3 Å². The van der Waals surface area contributed by atoms with Crippen molar-refractivity contribution in [1.82, 2.24) is 10.2 Å². The molecule has 0 spiro atoms. The third kappa shape index (κ3) is 3.06. The van der Waals surface area contributed by atoms with Gasteiger partial charge in [-0.1, -0.05) is 0 Å². The zero-order valence-electron chi connectivity index (χ0n) is 8.13. The summed E-state index contributed by atoms with van der Waals surface area (Å²) in [6.07, 6.45) is 0. The Balaban J connectivity index is 2.39. The maximum atomic E-state index is 11.1. The molecule has 0 aliphatic rings. The molecule has 0 bridgehead atoms. The van der Waals surface area contributed by atoms with Gasteiger partial charge in [0.25, 0.3) is 0 Å². The molecular weight excluding hydrogens is 184 g/mol. The summed E-state index contributed by atoms with van der Waals surface area (Å²) in [7, 11) is 3.46. The molecule has 1 aromatic rings. The molecule has 72 valence electrons. The number of carbonyl (C=O) groups excluding carboxylic acids is 1. The predicted octanol–water partition coefficient (Wildman–Crippen LogP) is 1.83. The molecule has 13 heavy (non-hydrogen) atoms. The fourth-order valence-electron chi connectivity index (χ4n) is 0.901. The number of thiophene rings is 1. The lowest BCUT2D eigenvalue weighted by molar-refractivity contribution is 0.217. The van der Waals surface area contributed by atoms with Gasteiger partial charge < -0.3 is 10.2 Å². The van der Waals surface area contributed by atoms with E-state index in [1.807, 2.05) is 6.07 Å². The monoisotopic (exact) mass is 198 g/mol. The van der Waals surface area contributed by atoms with Crippen LogP contribution in [0.2, 0.25) is 0 Å². The summed E-state index contributed by atoms with van der Waals surface area (Å²) in [6, 6.07) is 4.05. The maximum Gasteiger partial charge on any atom is 0.317 e. The molecule has 1 heterocycles. The lowest BCUT2D eigenvalue weighted by atomic mass is 10.4. The highest BCUT2D eigenvalue weighted by Crippen LogP contribution is 2.14. The fourth-order valence-corrected chi connectivity index (χ4v) is 1.73. The van der Waals surface area contributed by atoms with Crippen molar-refractivity contribution in [2.75, 3.05) is 14.1 Å². The average Bonchev–Trinajstić information content (AvgIpc) is 2.47. The normalized spacial score (nSPS) is 9.77. The van der Waals surface area contributed by atoms with Gasteiger partial charge in [0.1, 0.15) is 0 Å². The summed E-state index contributed by atoms with van der Waals surface area (Å²) in [6.45, 7) is 2.68. The average molecular weight is 198 g/mol. The third-order valence-corrected chi connectivity index (χ3v) is 2.62. The van der Waals surface area contributed by atoms with Crippen molar-refractivity contribution >= 4 is 17.4 Å². The zero-order valence-corrected chi connectivity index (χ0v) is 8.94.